The van der Waals surface area contributed by atoms with Crippen LogP contribution in [0.3, 0.4) is 0 Å². The van der Waals surface area contributed by atoms with Crippen LogP contribution in [0.5, 0.6) is 5.75 Å². The zero-order chi connectivity index (χ0) is 27.5. The van der Waals surface area contributed by atoms with Crippen LogP contribution in [0, 0.1) is 17.4 Å². The third kappa shape index (κ3) is 8.33. The summed E-state index contributed by atoms with van der Waals surface area (Å²) in [5.41, 5.74) is 1.69. The van der Waals surface area contributed by atoms with Gasteiger partial charge in [0.2, 0.25) is 5.96 Å². The first kappa shape index (κ1) is 28.7. The minimum absolute atomic E-state index is 0.0732. The molecule has 1 amide bonds. The summed E-state index contributed by atoms with van der Waals surface area (Å²) < 4.78 is 34.6. The molecule has 0 aliphatic carbocycles. The molecule has 0 saturated carbocycles. The number of hydrazone groups is 1. The van der Waals surface area contributed by atoms with Gasteiger partial charge in [-0.2, -0.15) is 19.1 Å². The van der Waals surface area contributed by atoms with Gasteiger partial charge in [0, 0.05) is 18.5 Å². The van der Waals surface area contributed by atoms with E-state index in [1.807, 2.05) is 6.19 Å². The second-order valence-electron chi connectivity index (χ2n) is 7.90. The maximum Gasteiger partial charge on any atom is 0.407 e. The number of benzene rings is 2. The molecular formula is C25H24Cl2F2N6O3. The maximum absolute atomic E-state index is 12.6. The third-order valence-corrected chi connectivity index (χ3v) is 5.98. The van der Waals surface area contributed by atoms with Crippen LogP contribution in [-0.2, 0) is 4.74 Å². The molecule has 2 N–H and O–H groups in total. The summed E-state index contributed by atoms with van der Waals surface area (Å²) in [7, 11) is 0. The highest BCUT2D eigenvalue weighted by Crippen LogP contribution is 2.29. The standard InChI is InChI=1S/C25H24Cl2F2N6O3/c1-2-11-37-25(36)31-10-4-5-17-14-35(34-22(17)16-8-9-20(26)21(27)12-16)24(32-15-30)33-18-6-3-7-19(13-18)38-23(28)29/h2-3,6-9,12-13,17,23H,1,4-5,10-11,14H2,(H,31,36)(H,32,33). The van der Waals surface area contributed by atoms with E-state index in [2.05, 4.69) is 32.0 Å². The van der Waals surface area contributed by atoms with Crippen molar-refractivity contribution in [1.82, 2.24) is 15.6 Å². The van der Waals surface area contributed by atoms with E-state index in [4.69, 9.17) is 27.9 Å². The van der Waals surface area contributed by atoms with Gasteiger partial charge in [0.25, 0.3) is 0 Å². The van der Waals surface area contributed by atoms with Crippen LogP contribution in [-0.4, -0.2) is 49.1 Å². The molecule has 3 rings (SSSR count). The fourth-order valence-corrected chi connectivity index (χ4v) is 3.93. The summed E-state index contributed by atoms with van der Waals surface area (Å²) in [6.07, 6.45) is 3.99. The van der Waals surface area contributed by atoms with E-state index in [1.165, 1.54) is 29.3 Å². The monoisotopic (exact) mass is 564 g/mol. The van der Waals surface area contributed by atoms with E-state index in [-0.39, 0.29) is 29.9 Å². The molecule has 0 bridgehead atoms. The predicted octanol–water partition coefficient (Wildman–Crippen LogP) is 5.68. The van der Waals surface area contributed by atoms with Crippen molar-refractivity contribution in [2.45, 2.75) is 19.5 Å². The van der Waals surface area contributed by atoms with Crippen molar-refractivity contribution in [2.75, 3.05) is 19.7 Å². The fourth-order valence-electron chi connectivity index (χ4n) is 3.63. The van der Waals surface area contributed by atoms with E-state index in [1.54, 1.807) is 24.3 Å². The smallest absolute Gasteiger partial charge is 0.407 e. The van der Waals surface area contributed by atoms with Gasteiger partial charge in [0.1, 0.15) is 12.4 Å². The number of nitrogens with zero attached hydrogens (tertiary/aromatic N) is 4. The van der Waals surface area contributed by atoms with Gasteiger partial charge in [-0.25, -0.2) is 14.8 Å². The van der Waals surface area contributed by atoms with Gasteiger partial charge in [-0.15, -0.1) is 0 Å². The number of ether oxygens (including phenoxy) is 2. The topological polar surface area (TPSA) is 111 Å². The van der Waals surface area contributed by atoms with Crippen LogP contribution in [0.4, 0.5) is 19.3 Å². The van der Waals surface area contributed by atoms with Crippen LogP contribution in [0.25, 0.3) is 0 Å². The van der Waals surface area contributed by atoms with Crippen molar-refractivity contribution < 1.29 is 23.0 Å². The Balaban J connectivity index is 1.83. The summed E-state index contributed by atoms with van der Waals surface area (Å²) in [5, 5.41) is 21.4. The van der Waals surface area contributed by atoms with Crippen LogP contribution in [0.2, 0.25) is 10.0 Å². The van der Waals surface area contributed by atoms with E-state index in [9.17, 15) is 18.8 Å². The van der Waals surface area contributed by atoms with Crippen molar-refractivity contribution in [3.05, 3.63) is 70.7 Å². The highest BCUT2D eigenvalue weighted by atomic mass is 35.5. The summed E-state index contributed by atoms with van der Waals surface area (Å²) >= 11 is 12.3. The number of rotatable bonds is 10. The molecule has 1 unspecified atom stereocenters. The SMILES string of the molecule is C=CCOC(=O)NCCCC1CN(C(=Nc2cccc(OC(F)F)c2)NC#N)N=C1c1ccc(Cl)c(Cl)c1. The van der Waals surface area contributed by atoms with Crippen molar-refractivity contribution in [3.63, 3.8) is 0 Å². The first-order valence-electron chi connectivity index (χ1n) is 11.4. The number of nitriles is 1. The Morgan fingerprint density at radius 1 is 1.32 bits per heavy atom. The number of alkyl carbamates (subject to hydrolysis) is 1. The Labute approximate surface area is 228 Å². The number of nitrogens with one attached hydrogen (secondary N) is 2. The predicted molar refractivity (Wildman–Crippen MR) is 141 cm³/mol. The lowest BCUT2D eigenvalue weighted by Gasteiger charge is -2.17. The molecule has 9 nitrogen and oxygen atoms in total. The first-order chi connectivity index (χ1) is 18.3. The molecule has 38 heavy (non-hydrogen) atoms. The molecule has 200 valence electrons. The number of hydrogen-bond acceptors (Lipinski definition) is 6. The Morgan fingerprint density at radius 3 is 2.84 bits per heavy atom. The van der Waals surface area contributed by atoms with Crippen molar-refractivity contribution in [1.29, 1.82) is 5.26 Å². The number of carbonyl (C=O) groups excluding carboxylic acids is 1. The first-order valence-corrected chi connectivity index (χ1v) is 12.2. The summed E-state index contributed by atoms with van der Waals surface area (Å²) in [6.45, 7) is 1.34. The Kier molecular flexibility index (Phi) is 10.7. The minimum atomic E-state index is -2.98. The lowest BCUT2D eigenvalue weighted by atomic mass is 9.93. The van der Waals surface area contributed by atoms with E-state index < -0.39 is 12.7 Å². The van der Waals surface area contributed by atoms with Gasteiger partial charge < -0.3 is 14.8 Å². The summed E-state index contributed by atoms with van der Waals surface area (Å²) in [4.78, 5) is 16.1. The normalized spacial score (nSPS) is 15.1. The highest BCUT2D eigenvalue weighted by molar-refractivity contribution is 6.42. The average molecular weight is 565 g/mol. The van der Waals surface area contributed by atoms with Crippen molar-refractivity contribution in [3.8, 4) is 11.9 Å². The molecule has 13 heteroatoms. The molecule has 2 aromatic carbocycles. The Morgan fingerprint density at radius 2 is 2.13 bits per heavy atom. The zero-order valence-electron chi connectivity index (χ0n) is 20.0. The summed E-state index contributed by atoms with van der Waals surface area (Å²) in [6, 6.07) is 10.9. The van der Waals surface area contributed by atoms with Gasteiger partial charge in [-0.05, 0) is 42.7 Å². The number of alkyl halides is 2. The second-order valence-corrected chi connectivity index (χ2v) is 8.71. The molecule has 1 aliphatic heterocycles. The Bertz CT molecular complexity index is 1250. The number of amides is 1. The van der Waals surface area contributed by atoms with Gasteiger partial charge in [-0.3, -0.25) is 5.32 Å². The molecule has 2 aromatic rings. The maximum atomic E-state index is 12.6. The van der Waals surface area contributed by atoms with E-state index >= 15 is 0 Å². The van der Waals surface area contributed by atoms with Crippen molar-refractivity contribution in [2.24, 2.45) is 16.0 Å². The quantitative estimate of drug-likeness (QED) is 0.0958. The number of hydrogen-bond donors (Lipinski definition) is 2. The van der Waals surface area contributed by atoms with Gasteiger partial charge in [0.15, 0.2) is 6.19 Å². The van der Waals surface area contributed by atoms with E-state index in [0.717, 1.165) is 5.56 Å². The molecule has 0 aromatic heterocycles. The molecule has 0 fully saturated rings. The van der Waals surface area contributed by atoms with Crippen molar-refractivity contribution >= 4 is 46.7 Å². The fraction of sp³-hybridized carbons (Fsp3) is 0.280. The van der Waals surface area contributed by atoms with Gasteiger partial charge in [-0.1, -0.05) is 48.0 Å². The third-order valence-electron chi connectivity index (χ3n) is 5.24. The summed E-state index contributed by atoms with van der Waals surface area (Å²) in [5.74, 6) is -0.110. The number of carbonyl (C=O) groups is 1. The lowest BCUT2D eigenvalue weighted by Crippen LogP contribution is -2.35. The lowest BCUT2D eigenvalue weighted by molar-refractivity contribution is -0.0498. The molecule has 0 radical (unpaired) electrons. The van der Waals surface area contributed by atoms with Crippen LogP contribution >= 0.6 is 23.2 Å². The minimum Gasteiger partial charge on any atom is -0.445 e. The number of guanidine groups is 1. The van der Waals surface area contributed by atoms with E-state index in [0.29, 0.717) is 41.7 Å². The van der Waals surface area contributed by atoms with Crippen LogP contribution in [0.15, 0.2) is 65.2 Å². The molecule has 1 atom stereocenters. The molecule has 0 spiro atoms. The molecule has 1 heterocycles. The largest absolute Gasteiger partial charge is 0.445 e. The van der Waals surface area contributed by atoms with Gasteiger partial charge in [0.05, 0.1) is 28.0 Å². The number of halogens is 4. The Hall–Kier alpha value is -3.88. The molecular weight excluding hydrogens is 541 g/mol. The molecule has 0 saturated heterocycles. The zero-order valence-corrected chi connectivity index (χ0v) is 21.6. The highest BCUT2D eigenvalue weighted by Gasteiger charge is 2.30. The van der Waals surface area contributed by atoms with Crippen LogP contribution < -0.4 is 15.4 Å². The molecule has 1 aliphatic rings. The second kappa shape index (κ2) is 14.2. The average Bonchev–Trinajstić information content (AvgIpc) is 3.30. The van der Waals surface area contributed by atoms with Crippen LogP contribution in [0.1, 0.15) is 18.4 Å². The number of aliphatic imine (C=N–C) groups is 1. The van der Waals surface area contributed by atoms with Gasteiger partial charge >= 0.3 is 12.7 Å².